The zero-order valence-corrected chi connectivity index (χ0v) is 11.2. The fraction of sp³-hybridized carbons (Fsp3) is 0.333. The fourth-order valence-corrected chi connectivity index (χ4v) is 2.31. The molecule has 4 nitrogen and oxygen atoms in total. The van der Waals surface area contributed by atoms with Crippen LogP contribution in [-0.4, -0.2) is 18.4 Å². The van der Waals surface area contributed by atoms with Crippen molar-refractivity contribution in [1.29, 1.82) is 0 Å². The van der Waals surface area contributed by atoms with Crippen LogP contribution < -0.4 is 10.6 Å². The molecule has 0 saturated carbocycles. The molecule has 1 unspecified atom stereocenters. The highest BCUT2D eigenvalue weighted by Gasteiger charge is 2.41. The van der Waals surface area contributed by atoms with Crippen molar-refractivity contribution in [2.75, 3.05) is 11.9 Å². The summed E-state index contributed by atoms with van der Waals surface area (Å²) in [6, 6.07) is 4.98. The third-order valence-corrected chi connectivity index (χ3v) is 3.61. The number of carbonyl (C=O) groups is 2. The Hall–Kier alpha value is -1.26. The SMILES string of the molecule is CC1(C(=O)Nc2c(Cl)cccc2Cl)CNC(=O)C1. The van der Waals surface area contributed by atoms with Gasteiger partial charge in [0.2, 0.25) is 11.8 Å². The number of hydrogen-bond acceptors (Lipinski definition) is 2. The number of nitrogens with one attached hydrogen (secondary N) is 2. The maximum atomic E-state index is 12.2. The Labute approximate surface area is 115 Å². The summed E-state index contributed by atoms with van der Waals surface area (Å²) in [5.74, 6) is -0.395. The van der Waals surface area contributed by atoms with Gasteiger partial charge in [-0.05, 0) is 19.1 Å². The molecule has 1 heterocycles. The van der Waals surface area contributed by atoms with Crippen molar-refractivity contribution in [3.05, 3.63) is 28.2 Å². The molecule has 0 bridgehead atoms. The van der Waals surface area contributed by atoms with E-state index >= 15 is 0 Å². The zero-order valence-electron chi connectivity index (χ0n) is 9.72. The first-order chi connectivity index (χ1) is 8.42. The van der Waals surface area contributed by atoms with Crippen molar-refractivity contribution < 1.29 is 9.59 Å². The van der Waals surface area contributed by atoms with Gasteiger partial charge in [-0.1, -0.05) is 29.3 Å². The van der Waals surface area contributed by atoms with Gasteiger partial charge in [-0.3, -0.25) is 9.59 Å². The Bertz CT molecular complexity index is 499. The van der Waals surface area contributed by atoms with Gasteiger partial charge < -0.3 is 10.6 Å². The van der Waals surface area contributed by atoms with Gasteiger partial charge in [0, 0.05) is 13.0 Å². The highest BCUT2D eigenvalue weighted by Crippen LogP contribution is 2.33. The summed E-state index contributed by atoms with van der Waals surface area (Å²) in [5, 5.41) is 6.07. The number of para-hydroxylation sites is 1. The van der Waals surface area contributed by atoms with E-state index in [0.29, 0.717) is 22.3 Å². The molecule has 2 N–H and O–H groups in total. The van der Waals surface area contributed by atoms with E-state index in [-0.39, 0.29) is 18.2 Å². The van der Waals surface area contributed by atoms with Crippen LogP contribution in [0.4, 0.5) is 5.69 Å². The predicted molar refractivity (Wildman–Crippen MR) is 70.8 cm³/mol. The van der Waals surface area contributed by atoms with Gasteiger partial charge >= 0.3 is 0 Å². The standard InChI is InChI=1S/C12H12Cl2N2O2/c1-12(5-9(17)15-6-12)11(18)16-10-7(13)3-2-4-8(10)14/h2-4H,5-6H2,1H3,(H,15,17)(H,16,18). The lowest BCUT2D eigenvalue weighted by atomic mass is 9.88. The number of hydrogen-bond donors (Lipinski definition) is 2. The smallest absolute Gasteiger partial charge is 0.232 e. The first kappa shape index (κ1) is 13.2. The highest BCUT2D eigenvalue weighted by atomic mass is 35.5. The second-order valence-electron chi connectivity index (χ2n) is 4.56. The molecule has 1 aliphatic heterocycles. The van der Waals surface area contributed by atoms with Gasteiger partial charge in [0.1, 0.15) is 0 Å². The number of halogens is 2. The normalized spacial score (nSPS) is 22.7. The maximum Gasteiger partial charge on any atom is 0.232 e. The molecule has 1 aromatic rings. The Morgan fingerprint density at radius 3 is 2.50 bits per heavy atom. The summed E-state index contributed by atoms with van der Waals surface area (Å²) < 4.78 is 0. The quantitative estimate of drug-likeness (QED) is 0.877. The average Bonchev–Trinajstić information content (AvgIpc) is 2.65. The molecule has 18 heavy (non-hydrogen) atoms. The minimum Gasteiger partial charge on any atom is -0.355 e. The Kier molecular flexibility index (Phi) is 3.50. The molecule has 0 spiro atoms. The van der Waals surface area contributed by atoms with Gasteiger partial charge in [0.15, 0.2) is 0 Å². The van der Waals surface area contributed by atoms with Crippen LogP contribution in [0, 0.1) is 5.41 Å². The molecule has 1 aromatic carbocycles. The lowest BCUT2D eigenvalue weighted by molar-refractivity contribution is -0.126. The van der Waals surface area contributed by atoms with Crippen LogP contribution in [0.2, 0.25) is 10.0 Å². The molecule has 96 valence electrons. The highest BCUT2D eigenvalue weighted by molar-refractivity contribution is 6.39. The second-order valence-corrected chi connectivity index (χ2v) is 5.38. The van der Waals surface area contributed by atoms with E-state index in [0.717, 1.165) is 0 Å². The van der Waals surface area contributed by atoms with E-state index in [1.165, 1.54) is 0 Å². The molecule has 0 aliphatic carbocycles. The van der Waals surface area contributed by atoms with E-state index in [1.54, 1.807) is 25.1 Å². The molecule has 6 heteroatoms. The third-order valence-electron chi connectivity index (χ3n) is 2.98. The van der Waals surface area contributed by atoms with Gasteiger partial charge in [0.05, 0.1) is 21.1 Å². The van der Waals surface area contributed by atoms with E-state index in [4.69, 9.17) is 23.2 Å². The van der Waals surface area contributed by atoms with Crippen LogP contribution in [0.15, 0.2) is 18.2 Å². The second kappa shape index (κ2) is 4.78. The fourth-order valence-electron chi connectivity index (χ4n) is 1.82. The molecule has 2 rings (SSSR count). The number of benzene rings is 1. The van der Waals surface area contributed by atoms with Gasteiger partial charge in [-0.2, -0.15) is 0 Å². The number of carbonyl (C=O) groups excluding carboxylic acids is 2. The predicted octanol–water partition coefficient (Wildman–Crippen LogP) is 2.46. The molecule has 0 aromatic heterocycles. The van der Waals surface area contributed by atoms with Crippen molar-refractivity contribution >= 4 is 40.7 Å². The minimum atomic E-state index is -0.764. The third kappa shape index (κ3) is 2.44. The molecule has 0 radical (unpaired) electrons. The first-order valence-corrected chi connectivity index (χ1v) is 6.20. The topological polar surface area (TPSA) is 58.2 Å². The summed E-state index contributed by atoms with van der Waals surface area (Å²) in [6.07, 6.45) is 0.168. The largest absolute Gasteiger partial charge is 0.355 e. The summed E-state index contributed by atoms with van der Waals surface area (Å²) in [5.41, 5.74) is -0.383. The van der Waals surface area contributed by atoms with Crippen molar-refractivity contribution in [3.8, 4) is 0 Å². The van der Waals surface area contributed by atoms with E-state index < -0.39 is 5.41 Å². The summed E-state index contributed by atoms with van der Waals surface area (Å²) in [6.45, 7) is 2.05. The molecular formula is C12H12Cl2N2O2. The van der Waals surface area contributed by atoms with Crippen molar-refractivity contribution in [1.82, 2.24) is 5.32 Å². The molecular weight excluding hydrogens is 275 g/mol. The number of amides is 2. The monoisotopic (exact) mass is 286 g/mol. The van der Waals surface area contributed by atoms with Crippen LogP contribution in [0.3, 0.4) is 0 Å². The van der Waals surface area contributed by atoms with Crippen LogP contribution >= 0.6 is 23.2 Å². The lowest BCUT2D eigenvalue weighted by Crippen LogP contribution is -2.35. The van der Waals surface area contributed by atoms with E-state index in [1.807, 2.05) is 0 Å². The van der Waals surface area contributed by atoms with Crippen LogP contribution in [-0.2, 0) is 9.59 Å². The van der Waals surface area contributed by atoms with Gasteiger partial charge in [-0.15, -0.1) is 0 Å². The molecule has 1 saturated heterocycles. The number of anilines is 1. The van der Waals surface area contributed by atoms with E-state index in [9.17, 15) is 9.59 Å². The minimum absolute atomic E-state index is 0.127. The average molecular weight is 287 g/mol. The Balaban J connectivity index is 2.19. The van der Waals surface area contributed by atoms with Gasteiger partial charge in [0.25, 0.3) is 0 Å². The van der Waals surface area contributed by atoms with Crippen molar-refractivity contribution in [2.45, 2.75) is 13.3 Å². The van der Waals surface area contributed by atoms with Crippen molar-refractivity contribution in [3.63, 3.8) is 0 Å². The Morgan fingerprint density at radius 1 is 1.39 bits per heavy atom. The maximum absolute atomic E-state index is 12.2. The van der Waals surface area contributed by atoms with Crippen molar-refractivity contribution in [2.24, 2.45) is 5.41 Å². The molecule has 1 atom stereocenters. The molecule has 1 fully saturated rings. The van der Waals surface area contributed by atoms with Crippen LogP contribution in [0.5, 0.6) is 0 Å². The van der Waals surface area contributed by atoms with Gasteiger partial charge in [-0.25, -0.2) is 0 Å². The Morgan fingerprint density at radius 2 is 2.00 bits per heavy atom. The summed E-state index contributed by atoms with van der Waals surface area (Å²) in [7, 11) is 0. The van der Waals surface area contributed by atoms with Crippen LogP contribution in [0.25, 0.3) is 0 Å². The lowest BCUT2D eigenvalue weighted by Gasteiger charge is -2.21. The zero-order chi connectivity index (χ0) is 13.3. The van der Waals surface area contributed by atoms with E-state index in [2.05, 4.69) is 10.6 Å². The molecule has 1 aliphatic rings. The summed E-state index contributed by atoms with van der Waals surface area (Å²) in [4.78, 5) is 23.4. The molecule has 2 amide bonds. The first-order valence-electron chi connectivity index (χ1n) is 5.44. The summed E-state index contributed by atoms with van der Waals surface area (Å²) >= 11 is 11.9. The van der Waals surface area contributed by atoms with Crippen LogP contribution in [0.1, 0.15) is 13.3 Å². The number of rotatable bonds is 2.